The molecule has 124 valence electrons. The number of aromatic nitrogens is 1. The SMILES string of the molecule is CCOC(=O)c1sc(N(C)C)nc1-c1cccc(OC)c1OC. The number of hydrogen-bond acceptors (Lipinski definition) is 7. The molecule has 1 aromatic heterocycles. The summed E-state index contributed by atoms with van der Waals surface area (Å²) in [5.74, 6) is 0.730. The molecule has 0 saturated carbocycles. The maximum Gasteiger partial charge on any atom is 0.350 e. The molecule has 0 saturated heterocycles. The number of thiazole rings is 1. The summed E-state index contributed by atoms with van der Waals surface area (Å²) in [6.07, 6.45) is 0. The molecule has 2 rings (SSSR count). The summed E-state index contributed by atoms with van der Waals surface area (Å²) in [6.45, 7) is 2.08. The number of nitrogens with zero attached hydrogens (tertiary/aromatic N) is 2. The summed E-state index contributed by atoms with van der Waals surface area (Å²) in [5.41, 5.74) is 1.23. The molecule has 23 heavy (non-hydrogen) atoms. The molecule has 0 fully saturated rings. The van der Waals surface area contributed by atoms with Crippen molar-refractivity contribution in [1.82, 2.24) is 4.98 Å². The first-order valence-electron chi connectivity index (χ1n) is 7.10. The largest absolute Gasteiger partial charge is 0.493 e. The Kier molecular flexibility index (Phi) is 5.44. The van der Waals surface area contributed by atoms with Gasteiger partial charge in [-0.15, -0.1) is 0 Å². The Morgan fingerprint density at radius 2 is 2.00 bits per heavy atom. The molecule has 0 bridgehead atoms. The molecule has 7 heteroatoms. The number of benzene rings is 1. The van der Waals surface area contributed by atoms with Gasteiger partial charge in [0, 0.05) is 19.7 Å². The average molecular weight is 336 g/mol. The van der Waals surface area contributed by atoms with E-state index in [1.54, 1.807) is 27.2 Å². The third-order valence-electron chi connectivity index (χ3n) is 3.12. The number of carbonyl (C=O) groups excluding carboxylic acids is 1. The predicted molar refractivity (Wildman–Crippen MR) is 90.9 cm³/mol. The lowest BCUT2D eigenvalue weighted by atomic mass is 10.1. The second-order valence-corrected chi connectivity index (χ2v) is 5.81. The summed E-state index contributed by atoms with van der Waals surface area (Å²) in [4.78, 5) is 19.2. The Labute approximate surface area is 139 Å². The van der Waals surface area contributed by atoms with Crippen molar-refractivity contribution < 1.29 is 19.0 Å². The highest BCUT2D eigenvalue weighted by molar-refractivity contribution is 7.17. The van der Waals surface area contributed by atoms with Crippen molar-refractivity contribution in [3.05, 3.63) is 23.1 Å². The van der Waals surface area contributed by atoms with Crippen molar-refractivity contribution in [2.45, 2.75) is 6.92 Å². The van der Waals surface area contributed by atoms with E-state index < -0.39 is 5.97 Å². The fraction of sp³-hybridized carbons (Fsp3) is 0.375. The van der Waals surface area contributed by atoms with Gasteiger partial charge in [0.1, 0.15) is 10.6 Å². The van der Waals surface area contributed by atoms with E-state index in [1.807, 2.05) is 31.1 Å². The smallest absolute Gasteiger partial charge is 0.350 e. The van der Waals surface area contributed by atoms with Crippen molar-refractivity contribution in [3.63, 3.8) is 0 Å². The summed E-state index contributed by atoms with van der Waals surface area (Å²) in [7, 11) is 6.88. The van der Waals surface area contributed by atoms with Crippen molar-refractivity contribution >= 4 is 22.4 Å². The predicted octanol–water partition coefficient (Wildman–Crippen LogP) is 3.07. The number of carbonyl (C=O) groups is 1. The third kappa shape index (κ3) is 3.39. The third-order valence-corrected chi connectivity index (χ3v) is 4.32. The Balaban J connectivity index is 2.64. The van der Waals surface area contributed by atoms with Gasteiger partial charge in [0.2, 0.25) is 0 Å². The fourth-order valence-corrected chi connectivity index (χ4v) is 2.99. The average Bonchev–Trinajstić information content (AvgIpc) is 2.99. The van der Waals surface area contributed by atoms with E-state index >= 15 is 0 Å². The van der Waals surface area contributed by atoms with E-state index in [9.17, 15) is 4.79 Å². The Bertz CT molecular complexity index is 697. The van der Waals surface area contributed by atoms with E-state index in [1.165, 1.54) is 11.3 Å². The maximum atomic E-state index is 12.3. The Morgan fingerprint density at radius 1 is 1.26 bits per heavy atom. The molecule has 0 atom stereocenters. The van der Waals surface area contributed by atoms with Crippen LogP contribution in [0.2, 0.25) is 0 Å². The zero-order chi connectivity index (χ0) is 17.0. The minimum Gasteiger partial charge on any atom is -0.493 e. The van der Waals surface area contributed by atoms with E-state index in [2.05, 4.69) is 4.98 Å². The van der Waals surface area contributed by atoms with Gasteiger partial charge in [0.15, 0.2) is 16.6 Å². The summed E-state index contributed by atoms with van der Waals surface area (Å²) in [5, 5.41) is 0.716. The molecular weight excluding hydrogens is 316 g/mol. The van der Waals surface area contributed by atoms with Crippen LogP contribution in [0, 0.1) is 0 Å². The Morgan fingerprint density at radius 3 is 2.57 bits per heavy atom. The standard InChI is InChI=1S/C16H20N2O4S/c1-6-22-15(19)14-12(17-16(23-14)18(2)3)10-8-7-9-11(20-4)13(10)21-5/h7-9H,6H2,1-5H3. The van der Waals surface area contributed by atoms with Crippen LogP contribution in [0.15, 0.2) is 18.2 Å². The van der Waals surface area contributed by atoms with Gasteiger partial charge in [-0.25, -0.2) is 9.78 Å². The topological polar surface area (TPSA) is 60.9 Å². The number of anilines is 1. The van der Waals surface area contributed by atoms with Gasteiger partial charge in [0.25, 0.3) is 0 Å². The number of para-hydroxylation sites is 1. The molecule has 0 N–H and O–H groups in total. The van der Waals surface area contributed by atoms with Gasteiger partial charge in [-0.3, -0.25) is 0 Å². The first-order valence-corrected chi connectivity index (χ1v) is 7.91. The summed E-state index contributed by atoms with van der Waals surface area (Å²) in [6, 6.07) is 5.48. The second-order valence-electron chi connectivity index (χ2n) is 4.83. The van der Waals surface area contributed by atoms with Crippen molar-refractivity contribution in [1.29, 1.82) is 0 Å². The van der Waals surface area contributed by atoms with Crippen LogP contribution in [-0.2, 0) is 4.74 Å². The molecule has 0 radical (unpaired) electrons. The van der Waals surface area contributed by atoms with E-state index in [0.717, 1.165) is 0 Å². The minimum absolute atomic E-state index is 0.308. The van der Waals surface area contributed by atoms with Crippen LogP contribution in [-0.4, -0.2) is 45.9 Å². The lowest BCUT2D eigenvalue weighted by Gasteiger charge is -2.12. The summed E-state index contributed by atoms with van der Waals surface area (Å²) >= 11 is 1.29. The highest BCUT2D eigenvalue weighted by Crippen LogP contribution is 2.41. The van der Waals surface area contributed by atoms with Crippen LogP contribution >= 0.6 is 11.3 Å². The van der Waals surface area contributed by atoms with Gasteiger partial charge in [-0.05, 0) is 19.1 Å². The molecule has 2 aromatic rings. The summed E-state index contributed by atoms with van der Waals surface area (Å²) < 4.78 is 15.9. The lowest BCUT2D eigenvalue weighted by Crippen LogP contribution is -2.07. The molecule has 1 heterocycles. The van der Waals surface area contributed by atoms with Crippen LogP contribution < -0.4 is 14.4 Å². The number of hydrogen-bond donors (Lipinski definition) is 0. The molecule has 0 amide bonds. The first-order chi connectivity index (χ1) is 11.0. The zero-order valence-electron chi connectivity index (χ0n) is 13.9. The number of methoxy groups -OCH3 is 2. The van der Waals surface area contributed by atoms with Crippen LogP contribution in [0.25, 0.3) is 11.3 Å². The van der Waals surface area contributed by atoms with Gasteiger partial charge in [-0.2, -0.15) is 0 Å². The molecule has 0 aliphatic carbocycles. The molecule has 1 aromatic carbocycles. The lowest BCUT2D eigenvalue weighted by molar-refractivity contribution is 0.0532. The minimum atomic E-state index is -0.391. The number of esters is 1. The second kappa shape index (κ2) is 7.32. The van der Waals surface area contributed by atoms with Gasteiger partial charge < -0.3 is 19.1 Å². The quantitative estimate of drug-likeness (QED) is 0.756. The highest BCUT2D eigenvalue weighted by atomic mass is 32.1. The van der Waals surface area contributed by atoms with Gasteiger partial charge in [-0.1, -0.05) is 17.4 Å². The monoisotopic (exact) mass is 336 g/mol. The van der Waals surface area contributed by atoms with Crippen LogP contribution in [0.1, 0.15) is 16.6 Å². The van der Waals surface area contributed by atoms with Gasteiger partial charge in [0.05, 0.1) is 20.8 Å². The zero-order valence-corrected chi connectivity index (χ0v) is 14.7. The molecule has 0 aliphatic rings. The van der Waals surface area contributed by atoms with Crippen LogP contribution in [0.3, 0.4) is 0 Å². The number of rotatable bonds is 6. The first kappa shape index (κ1) is 17.1. The van der Waals surface area contributed by atoms with Crippen molar-refractivity contribution in [2.75, 3.05) is 39.8 Å². The Hall–Kier alpha value is -2.28. The highest BCUT2D eigenvalue weighted by Gasteiger charge is 2.24. The van der Waals surface area contributed by atoms with Crippen LogP contribution in [0.5, 0.6) is 11.5 Å². The number of ether oxygens (including phenoxy) is 3. The molecule has 0 spiro atoms. The molecule has 6 nitrogen and oxygen atoms in total. The molecular formula is C16H20N2O4S. The van der Waals surface area contributed by atoms with Crippen molar-refractivity contribution in [2.24, 2.45) is 0 Å². The molecule has 0 aliphatic heterocycles. The maximum absolute atomic E-state index is 12.3. The van der Waals surface area contributed by atoms with Gasteiger partial charge >= 0.3 is 5.97 Å². The van der Waals surface area contributed by atoms with E-state index in [4.69, 9.17) is 14.2 Å². The molecule has 0 unspecified atom stereocenters. The fourth-order valence-electron chi connectivity index (χ4n) is 2.09. The van der Waals surface area contributed by atoms with E-state index in [-0.39, 0.29) is 0 Å². The normalized spacial score (nSPS) is 10.3. The van der Waals surface area contributed by atoms with Crippen LogP contribution in [0.4, 0.5) is 5.13 Å². The van der Waals surface area contributed by atoms with E-state index in [0.29, 0.717) is 39.4 Å². The van der Waals surface area contributed by atoms with Crippen molar-refractivity contribution in [3.8, 4) is 22.8 Å².